The third-order valence-corrected chi connectivity index (χ3v) is 3.90. The van der Waals surface area contributed by atoms with E-state index >= 15 is 0 Å². The van der Waals surface area contributed by atoms with E-state index in [0.29, 0.717) is 23.0 Å². The van der Waals surface area contributed by atoms with E-state index in [1.165, 1.54) is 6.33 Å². The van der Waals surface area contributed by atoms with Crippen LogP contribution in [0.25, 0.3) is 17.0 Å². The van der Waals surface area contributed by atoms with Gasteiger partial charge in [0, 0.05) is 30.1 Å². The molecule has 0 radical (unpaired) electrons. The molecular formula is C21H20N6O3. The molecule has 4 aromatic rings. The summed E-state index contributed by atoms with van der Waals surface area (Å²) in [6.45, 7) is 5.41. The van der Waals surface area contributed by atoms with Crippen LogP contribution in [0.3, 0.4) is 0 Å². The second kappa shape index (κ2) is 7.78. The maximum Gasteiger partial charge on any atom is 0.412 e. The summed E-state index contributed by atoms with van der Waals surface area (Å²) in [5.74, 6) is 0.860. The van der Waals surface area contributed by atoms with Crippen LogP contribution in [0.5, 0.6) is 11.6 Å². The topological polar surface area (TPSA) is 104 Å². The highest BCUT2D eigenvalue weighted by atomic mass is 16.6. The van der Waals surface area contributed by atoms with Crippen LogP contribution in [0.4, 0.5) is 10.5 Å². The number of anilines is 1. The molecule has 0 aliphatic carbocycles. The molecule has 3 heterocycles. The molecule has 4 rings (SSSR count). The van der Waals surface area contributed by atoms with Gasteiger partial charge < -0.3 is 9.47 Å². The number of carbonyl (C=O) groups is 1. The molecule has 0 saturated heterocycles. The molecule has 1 aromatic carbocycles. The van der Waals surface area contributed by atoms with Gasteiger partial charge in [-0.3, -0.25) is 5.32 Å². The second-order valence-corrected chi connectivity index (χ2v) is 7.43. The molecule has 0 unspecified atom stereocenters. The van der Waals surface area contributed by atoms with Gasteiger partial charge in [0.15, 0.2) is 5.65 Å². The number of aromatic nitrogens is 5. The lowest BCUT2D eigenvalue weighted by molar-refractivity contribution is 0.0636. The van der Waals surface area contributed by atoms with Crippen LogP contribution in [0, 0.1) is 0 Å². The van der Waals surface area contributed by atoms with E-state index in [0.717, 1.165) is 11.3 Å². The zero-order valence-corrected chi connectivity index (χ0v) is 16.7. The van der Waals surface area contributed by atoms with Gasteiger partial charge in [-0.2, -0.15) is 5.10 Å². The monoisotopic (exact) mass is 404 g/mol. The SMILES string of the molecule is CC(C)(C)OC(=O)Nc1cccc(Oc2cc(-c3ccnc4ccnn34)ncn2)c1. The number of ether oxygens (including phenoxy) is 2. The van der Waals surface area contributed by atoms with Gasteiger partial charge in [0.05, 0.1) is 17.6 Å². The van der Waals surface area contributed by atoms with E-state index in [-0.39, 0.29) is 0 Å². The molecule has 9 nitrogen and oxygen atoms in total. The molecule has 9 heteroatoms. The Bertz CT molecular complexity index is 1200. The number of hydrogen-bond donors (Lipinski definition) is 1. The zero-order valence-electron chi connectivity index (χ0n) is 16.7. The molecular weight excluding hydrogens is 384 g/mol. The molecule has 30 heavy (non-hydrogen) atoms. The number of amides is 1. The number of rotatable bonds is 4. The molecule has 0 saturated carbocycles. The minimum absolute atomic E-state index is 0.353. The third-order valence-electron chi connectivity index (χ3n) is 3.90. The van der Waals surface area contributed by atoms with Gasteiger partial charge in [0.2, 0.25) is 5.88 Å². The quantitative estimate of drug-likeness (QED) is 0.540. The van der Waals surface area contributed by atoms with Crippen molar-refractivity contribution in [2.24, 2.45) is 0 Å². The summed E-state index contributed by atoms with van der Waals surface area (Å²) in [6, 6.07) is 12.3. The summed E-state index contributed by atoms with van der Waals surface area (Å²) in [4.78, 5) is 24.7. The molecule has 0 bridgehead atoms. The molecule has 1 N–H and O–H groups in total. The van der Waals surface area contributed by atoms with E-state index in [2.05, 4.69) is 25.4 Å². The first kappa shape index (κ1) is 19.3. The summed E-state index contributed by atoms with van der Waals surface area (Å²) in [5.41, 5.74) is 2.08. The Morgan fingerprint density at radius 2 is 1.90 bits per heavy atom. The van der Waals surface area contributed by atoms with Crippen LogP contribution >= 0.6 is 0 Å². The summed E-state index contributed by atoms with van der Waals surface area (Å²) in [7, 11) is 0. The van der Waals surface area contributed by atoms with Crippen LogP contribution in [0.2, 0.25) is 0 Å². The van der Waals surface area contributed by atoms with E-state index in [9.17, 15) is 4.79 Å². The van der Waals surface area contributed by atoms with Crippen LogP contribution in [0.1, 0.15) is 20.8 Å². The Hall–Kier alpha value is -4.01. The van der Waals surface area contributed by atoms with Gasteiger partial charge in [-0.05, 0) is 39.0 Å². The zero-order chi connectivity index (χ0) is 21.1. The van der Waals surface area contributed by atoms with Crippen LogP contribution in [-0.2, 0) is 4.74 Å². The number of carbonyl (C=O) groups excluding carboxylic acids is 1. The minimum atomic E-state index is -0.581. The summed E-state index contributed by atoms with van der Waals surface area (Å²) >= 11 is 0. The first-order chi connectivity index (χ1) is 14.4. The van der Waals surface area contributed by atoms with Crippen molar-refractivity contribution >= 4 is 17.4 Å². The number of benzene rings is 1. The van der Waals surface area contributed by atoms with E-state index in [4.69, 9.17) is 9.47 Å². The highest BCUT2D eigenvalue weighted by molar-refractivity contribution is 5.85. The second-order valence-electron chi connectivity index (χ2n) is 7.43. The number of nitrogens with zero attached hydrogens (tertiary/aromatic N) is 5. The largest absolute Gasteiger partial charge is 0.444 e. The van der Waals surface area contributed by atoms with Crippen molar-refractivity contribution in [2.75, 3.05) is 5.32 Å². The molecule has 3 aromatic heterocycles. The number of nitrogens with one attached hydrogen (secondary N) is 1. The smallest absolute Gasteiger partial charge is 0.412 e. The van der Waals surface area contributed by atoms with Gasteiger partial charge >= 0.3 is 6.09 Å². The van der Waals surface area contributed by atoms with Gasteiger partial charge in [-0.1, -0.05) is 6.07 Å². The Labute approximate surface area is 172 Å². The maximum absolute atomic E-state index is 12.0. The fourth-order valence-electron chi connectivity index (χ4n) is 2.74. The van der Waals surface area contributed by atoms with Crippen LogP contribution in [-0.4, -0.2) is 36.3 Å². The number of hydrogen-bond acceptors (Lipinski definition) is 7. The lowest BCUT2D eigenvalue weighted by atomic mass is 10.2. The summed E-state index contributed by atoms with van der Waals surface area (Å²) < 4.78 is 12.8. The average Bonchev–Trinajstić information content (AvgIpc) is 3.16. The van der Waals surface area contributed by atoms with Crippen molar-refractivity contribution in [3.63, 3.8) is 0 Å². The van der Waals surface area contributed by atoms with Crippen LogP contribution < -0.4 is 10.1 Å². The van der Waals surface area contributed by atoms with Crippen molar-refractivity contribution < 1.29 is 14.3 Å². The van der Waals surface area contributed by atoms with Crippen molar-refractivity contribution in [3.8, 4) is 23.0 Å². The van der Waals surface area contributed by atoms with Gasteiger partial charge in [0.25, 0.3) is 0 Å². The molecule has 0 atom stereocenters. The lowest BCUT2D eigenvalue weighted by Crippen LogP contribution is -2.27. The standard InChI is InChI=1S/C21H20N6O3/c1-21(2,3)30-20(28)26-14-5-4-6-15(11-14)29-19-12-16(23-13-24-19)17-7-9-22-18-8-10-25-27(17)18/h4-13H,1-3H3,(H,26,28). The lowest BCUT2D eigenvalue weighted by Gasteiger charge is -2.19. The predicted octanol–water partition coefficient (Wildman–Crippen LogP) is 4.33. The van der Waals surface area contributed by atoms with Crippen LogP contribution in [0.15, 0.2) is 61.2 Å². The first-order valence-corrected chi connectivity index (χ1v) is 9.26. The highest BCUT2D eigenvalue weighted by Gasteiger charge is 2.16. The van der Waals surface area contributed by atoms with Gasteiger partial charge in [-0.25, -0.2) is 24.3 Å². The third kappa shape index (κ3) is 4.52. The first-order valence-electron chi connectivity index (χ1n) is 9.26. The van der Waals surface area contributed by atoms with Crippen molar-refractivity contribution in [2.45, 2.75) is 26.4 Å². The Morgan fingerprint density at radius 1 is 1.03 bits per heavy atom. The molecule has 152 valence electrons. The fourth-order valence-corrected chi connectivity index (χ4v) is 2.74. The summed E-state index contributed by atoms with van der Waals surface area (Å²) in [6.07, 6.45) is 4.25. The van der Waals surface area contributed by atoms with Crippen molar-refractivity contribution in [1.82, 2.24) is 24.6 Å². The number of fused-ring (bicyclic) bond motifs is 1. The highest BCUT2D eigenvalue weighted by Crippen LogP contribution is 2.26. The van der Waals surface area contributed by atoms with Gasteiger partial charge in [0.1, 0.15) is 17.7 Å². The molecule has 0 spiro atoms. The average molecular weight is 404 g/mol. The molecule has 0 aliphatic rings. The fraction of sp³-hybridized carbons (Fsp3) is 0.190. The van der Waals surface area contributed by atoms with E-state index < -0.39 is 11.7 Å². The Balaban J connectivity index is 1.54. The maximum atomic E-state index is 12.0. The minimum Gasteiger partial charge on any atom is -0.444 e. The van der Waals surface area contributed by atoms with E-state index in [1.807, 2.05) is 12.1 Å². The Kier molecular flexibility index (Phi) is 5.01. The van der Waals surface area contributed by atoms with E-state index in [1.54, 1.807) is 68.0 Å². The van der Waals surface area contributed by atoms with Crippen molar-refractivity contribution in [1.29, 1.82) is 0 Å². The Morgan fingerprint density at radius 3 is 2.73 bits per heavy atom. The summed E-state index contributed by atoms with van der Waals surface area (Å²) in [5, 5.41) is 6.96. The normalized spacial score (nSPS) is 11.3. The molecule has 1 amide bonds. The molecule has 0 fully saturated rings. The predicted molar refractivity (Wildman–Crippen MR) is 110 cm³/mol. The van der Waals surface area contributed by atoms with Crippen molar-refractivity contribution in [3.05, 3.63) is 61.2 Å². The van der Waals surface area contributed by atoms with Gasteiger partial charge in [-0.15, -0.1) is 0 Å². The molecule has 0 aliphatic heterocycles.